The number of hydrogen-bond donors (Lipinski definition) is 0. The van der Waals surface area contributed by atoms with Crippen molar-refractivity contribution in [2.45, 2.75) is 0 Å². The smallest absolute Gasteiger partial charge is 0.143 e. The Balaban J connectivity index is 1.23. The van der Waals surface area contributed by atoms with Crippen molar-refractivity contribution in [1.82, 2.24) is 4.57 Å². The van der Waals surface area contributed by atoms with Crippen LogP contribution in [0.15, 0.2) is 192 Å². The lowest BCUT2D eigenvalue weighted by molar-refractivity contribution is 0.670. The highest BCUT2D eigenvalue weighted by Crippen LogP contribution is 2.43. The molecule has 2 heterocycles. The van der Waals surface area contributed by atoms with E-state index in [0.717, 1.165) is 38.8 Å². The van der Waals surface area contributed by atoms with Crippen LogP contribution in [0, 0.1) is 0 Å². The third-order valence-corrected chi connectivity index (χ3v) is 10.0. The van der Waals surface area contributed by atoms with Crippen molar-refractivity contribution in [3.63, 3.8) is 0 Å². The van der Waals surface area contributed by atoms with E-state index in [9.17, 15) is 0 Å². The fraction of sp³-hybridized carbons (Fsp3) is 0. The Hall–Kier alpha value is -6.64. The second-order valence-electron chi connectivity index (χ2n) is 12.9. The van der Waals surface area contributed by atoms with Gasteiger partial charge in [-0.15, -0.1) is 0 Å². The van der Waals surface area contributed by atoms with Gasteiger partial charge in [-0.25, -0.2) is 0 Å². The highest BCUT2D eigenvalue weighted by molar-refractivity contribution is 6.16. The zero-order valence-electron chi connectivity index (χ0n) is 27.3. The summed E-state index contributed by atoms with van der Waals surface area (Å²) in [7, 11) is 0. The van der Waals surface area contributed by atoms with E-state index in [-0.39, 0.29) is 0 Å². The Labute approximate surface area is 290 Å². The summed E-state index contributed by atoms with van der Waals surface area (Å²) in [6, 6.07) is 67.5. The summed E-state index contributed by atoms with van der Waals surface area (Å²) in [5.41, 5.74) is 14.8. The van der Waals surface area contributed by atoms with Crippen LogP contribution in [0.3, 0.4) is 0 Å². The maximum absolute atomic E-state index is 6.41. The molecule has 0 aliphatic rings. The summed E-state index contributed by atoms with van der Waals surface area (Å²) in [5, 5.41) is 4.74. The van der Waals surface area contributed by atoms with Crippen molar-refractivity contribution in [3.8, 4) is 50.2 Å². The van der Waals surface area contributed by atoms with Gasteiger partial charge in [0.05, 0.1) is 11.0 Å². The number of rotatable bonds is 5. The topological polar surface area (TPSA) is 18.1 Å². The van der Waals surface area contributed by atoms with Gasteiger partial charge in [0.15, 0.2) is 0 Å². The highest BCUT2D eigenvalue weighted by Gasteiger charge is 2.20. The first-order valence-corrected chi connectivity index (χ1v) is 17.1. The summed E-state index contributed by atoms with van der Waals surface area (Å²) in [5.74, 6) is 0. The van der Waals surface area contributed by atoms with Crippen LogP contribution in [0.1, 0.15) is 0 Å². The molecule has 0 bridgehead atoms. The van der Waals surface area contributed by atoms with Crippen LogP contribution < -0.4 is 0 Å². The van der Waals surface area contributed by atoms with Crippen LogP contribution in [0.2, 0.25) is 0 Å². The van der Waals surface area contributed by atoms with Gasteiger partial charge in [-0.05, 0) is 75.8 Å². The molecule has 0 aliphatic heterocycles. The molecule has 0 aliphatic carbocycles. The van der Waals surface area contributed by atoms with Crippen LogP contribution in [0.4, 0.5) is 0 Å². The molecule has 0 saturated carbocycles. The number of nitrogens with zero attached hydrogens (tertiary/aromatic N) is 1. The molecule has 0 saturated heterocycles. The van der Waals surface area contributed by atoms with Crippen molar-refractivity contribution in [2.24, 2.45) is 0 Å². The molecule has 2 aromatic heterocycles. The third kappa shape index (κ3) is 4.57. The Morgan fingerprint density at radius 2 is 0.920 bits per heavy atom. The first-order valence-electron chi connectivity index (χ1n) is 17.1. The number of furan rings is 1. The molecule has 0 atom stereocenters. The van der Waals surface area contributed by atoms with Crippen molar-refractivity contribution in [3.05, 3.63) is 188 Å². The predicted molar refractivity (Wildman–Crippen MR) is 210 cm³/mol. The fourth-order valence-corrected chi connectivity index (χ4v) is 7.63. The highest BCUT2D eigenvalue weighted by atomic mass is 16.3. The number of hydrogen-bond acceptors (Lipinski definition) is 1. The number of aromatic nitrogens is 1. The molecule has 0 spiro atoms. The lowest BCUT2D eigenvalue weighted by atomic mass is 9.95. The standard InChI is InChI=1S/C48H31NO/c1-4-13-32(14-5-1)36-25-28-45-43(29-36)44-31-37(33-15-6-2-7-16-33)30-42(34-17-8-3-9-18-34)47(44)49(45)38-26-23-35(24-27-38)39-20-12-21-41-40-19-10-11-22-46(40)50-48(39)41/h1-31H. The van der Waals surface area contributed by atoms with Crippen molar-refractivity contribution in [2.75, 3.05) is 0 Å². The molecular formula is C48H31NO. The van der Waals surface area contributed by atoms with Gasteiger partial charge in [0.1, 0.15) is 11.2 Å². The van der Waals surface area contributed by atoms with Crippen molar-refractivity contribution in [1.29, 1.82) is 0 Å². The number of benzene rings is 8. The maximum atomic E-state index is 6.41. The van der Waals surface area contributed by atoms with E-state index in [1.54, 1.807) is 0 Å². The van der Waals surface area contributed by atoms with E-state index in [1.165, 1.54) is 55.2 Å². The molecule has 10 rings (SSSR count). The second-order valence-corrected chi connectivity index (χ2v) is 12.9. The normalized spacial score (nSPS) is 11.6. The zero-order chi connectivity index (χ0) is 33.0. The van der Waals surface area contributed by atoms with Gasteiger partial charge in [0.25, 0.3) is 0 Å². The van der Waals surface area contributed by atoms with E-state index in [2.05, 4.69) is 180 Å². The molecule has 0 radical (unpaired) electrons. The fourth-order valence-electron chi connectivity index (χ4n) is 7.63. The van der Waals surface area contributed by atoms with Gasteiger partial charge in [0, 0.05) is 38.4 Å². The Morgan fingerprint density at radius 1 is 0.340 bits per heavy atom. The van der Waals surface area contributed by atoms with Crippen LogP contribution >= 0.6 is 0 Å². The Morgan fingerprint density at radius 3 is 1.66 bits per heavy atom. The van der Waals surface area contributed by atoms with E-state index in [1.807, 2.05) is 12.1 Å². The zero-order valence-corrected chi connectivity index (χ0v) is 27.3. The van der Waals surface area contributed by atoms with Gasteiger partial charge in [0.2, 0.25) is 0 Å². The monoisotopic (exact) mass is 637 g/mol. The van der Waals surface area contributed by atoms with Crippen LogP contribution in [-0.2, 0) is 0 Å². The molecule has 10 aromatic rings. The number of fused-ring (bicyclic) bond motifs is 6. The van der Waals surface area contributed by atoms with Gasteiger partial charge in [-0.3, -0.25) is 0 Å². The van der Waals surface area contributed by atoms with E-state index in [0.29, 0.717) is 0 Å². The van der Waals surface area contributed by atoms with Gasteiger partial charge in [-0.1, -0.05) is 146 Å². The SMILES string of the molecule is c1ccc(-c2ccc3c(c2)c2cc(-c4ccccc4)cc(-c4ccccc4)c2n3-c2ccc(-c3cccc4c3oc3ccccc34)cc2)cc1. The minimum atomic E-state index is 0.912. The van der Waals surface area contributed by atoms with Crippen molar-refractivity contribution >= 4 is 43.7 Å². The van der Waals surface area contributed by atoms with E-state index < -0.39 is 0 Å². The van der Waals surface area contributed by atoms with Crippen LogP contribution in [-0.4, -0.2) is 4.57 Å². The molecule has 50 heavy (non-hydrogen) atoms. The largest absolute Gasteiger partial charge is 0.455 e. The molecule has 0 N–H and O–H groups in total. The minimum absolute atomic E-state index is 0.912. The van der Waals surface area contributed by atoms with E-state index in [4.69, 9.17) is 4.42 Å². The quantitative estimate of drug-likeness (QED) is 0.184. The van der Waals surface area contributed by atoms with Crippen LogP contribution in [0.25, 0.3) is 93.9 Å². The molecule has 8 aromatic carbocycles. The Kier molecular flexibility index (Phi) is 6.53. The summed E-state index contributed by atoms with van der Waals surface area (Å²) in [6.07, 6.45) is 0. The van der Waals surface area contributed by atoms with Crippen LogP contribution in [0.5, 0.6) is 0 Å². The Bertz CT molecular complexity index is 2830. The molecule has 2 nitrogen and oxygen atoms in total. The van der Waals surface area contributed by atoms with Gasteiger partial charge < -0.3 is 8.98 Å². The first kappa shape index (κ1) is 28.4. The second kappa shape index (κ2) is 11.5. The predicted octanol–water partition coefficient (Wildman–Crippen LogP) is 13.4. The summed E-state index contributed by atoms with van der Waals surface area (Å²) in [4.78, 5) is 0. The molecular weight excluding hydrogens is 607 g/mol. The van der Waals surface area contributed by atoms with E-state index >= 15 is 0 Å². The minimum Gasteiger partial charge on any atom is -0.455 e. The maximum Gasteiger partial charge on any atom is 0.143 e. The average Bonchev–Trinajstić information content (AvgIpc) is 3.74. The van der Waals surface area contributed by atoms with Crippen molar-refractivity contribution < 1.29 is 4.42 Å². The summed E-state index contributed by atoms with van der Waals surface area (Å²) < 4.78 is 8.86. The van der Waals surface area contributed by atoms with Gasteiger partial charge in [-0.2, -0.15) is 0 Å². The first-order chi connectivity index (χ1) is 24.8. The average molecular weight is 638 g/mol. The molecule has 2 heteroatoms. The molecule has 0 amide bonds. The third-order valence-electron chi connectivity index (χ3n) is 10.0. The van der Waals surface area contributed by atoms with Gasteiger partial charge >= 0.3 is 0 Å². The molecule has 234 valence electrons. The molecule has 0 fully saturated rings. The lowest BCUT2D eigenvalue weighted by Crippen LogP contribution is -1.96. The lowest BCUT2D eigenvalue weighted by Gasteiger charge is -2.14. The summed E-state index contributed by atoms with van der Waals surface area (Å²) in [6.45, 7) is 0. The molecule has 0 unspecified atom stereocenters. The number of para-hydroxylation sites is 2. The summed E-state index contributed by atoms with van der Waals surface area (Å²) >= 11 is 0.